The van der Waals surface area contributed by atoms with Crippen LogP contribution in [0.15, 0.2) is 12.5 Å². The number of hydrogen-bond donors (Lipinski definition) is 2. The molecule has 1 aromatic heterocycles. The van der Waals surface area contributed by atoms with Gasteiger partial charge in [0.2, 0.25) is 0 Å². The Morgan fingerprint density at radius 3 is 2.60 bits per heavy atom. The van der Waals surface area contributed by atoms with Crippen molar-refractivity contribution in [3.63, 3.8) is 0 Å². The van der Waals surface area contributed by atoms with E-state index in [4.69, 9.17) is 5.11 Å². The van der Waals surface area contributed by atoms with E-state index >= 15 is 0 Å². The van der Waals surface area contributed by atoms with Gasteiger partial charge in [-0.2, -0.15) is 0 Å². The fourth-order valence-electron chi connectivity index (χ4n) is 1.09. The fourth-order valence-corrected chi connectivity index (χ4v) is 1.09. The van der Waals surface area contributed by atoms with Crippen molar-refractivity contribution >= 4 is 18.4 Å². The van der Waals surface area contributed by atoms with E-state index in [1.807, 2.05) is 0 Å². The molecule has 7 heteroatoms. The first-order chi connectivity index (χ1) is 6.11. The predicted octanol–water partition coefficient (Wildman–Crippen LogP) is -0.436. The summed E-state index contributed by atoms with van der Waals surface area (Å²) in [7, 11) is 3.48. The summed E-state index contributed by atoms with van der Waals surface area (Å²) in [5.74, 6) is -0.826. The number of imidazole rings is 1. The monoisotopic (exact) mass is 237 g/mol. The third kappa shape index (κ3) is 4.78. The average molecular weight is 238 g/mol. The number of likely N-dealkylation sites (N-methyl/N-ethyl adjacent to an activating group) is 1. The van der Waals surface area contributed by atoms with Crippen LogP contribution in [-0.2, 0) is 11.2 Å². The molecule has 0 spiro atoms. The number of nitrogens with zero attached hydrogens (tertiary/aromatic N) is 2. The summed E-state index contributed by atoms with van der Waals surface area (Å²) in [4.78, 5) is 19.2. The molecule has 0 aromatic carbocycles. The maximum absolute atomic E-state index is 10.8. The molecule has 1 atom stereocenters. The van der Waals surface area contributed by atoms with Gasteiger partial charge in [0.25, 0.3) is 0 Å². The van der Waals surface area contributed by atoms with Gasteiger partial charge < -0.3 is 15.6 Å². The van der Waals surface area contributed by atoms with Gasteiger partial charge in [-0.25, -0.2) is 4.98 Å². The number of aromatic amines is 1. The minimum atomic E-state index is -0.826. The van der Waals surface area contributed by atoms with E-state index in [2.05, 4.69) is 9.97 Å². The topological polar surface area (TPSA) is 101 Å². The molecule has 0 saturated heterocycles. The summed E-state index contributed by atoms with van der Waals surface area (Å²) in [6.07, 6.45) is 3.68. The van der Waals surface area contributed by atoms with Gasteiger partial charge in [0.05, 0.1) is 12.0 Å². The number of hydrogen-bond acceptors (Lipinski definition) is 3. The molecule has 0 bridgehead atoms. The molecular weight excluding hydrogens is 222 g/mol. The Morgan fingerprint density at radius 2 is 2.27 bits per heavy atom. The Labute approximate surface area is 94.0 Å². The predicted molar refractivity (Wildman–Crippen MR) is 58.3 cm³/mol. The van der Waals surface area contributed by atoms with Crippen molar-refractivity contribution in [3.05, 3.63) is 18.2 Å². The van der Waals surface area contributed by atoms with E-state index in [1.54, 1.807) is 31.5 Å². The summed E-state index contributed by atoms with van der Waals surface area (Å²) in [6.45, 7) is 0. The van der Waals surface area contributed by atoms with Crippen molar-refractivity contribution in [1.29, 1.82) is 0 Å². The third-order valence-electron chi connectivity index (χ3n) is 1.87. The highest BCUT2D eigenvalue weighted by molar-refractivity contribution is 5.85. The van der Waals surface area contributed by atoms with Crippen molar-refractivity contribution in [2.75, 3.05) is 14.1 Å². The van der Waals surface area contributed by atoms with Crippen LogP contribution < -0.4 is 0 Å². The number of aliphatic carboxylic acids is 1. The number of halogens is 1. The molecule has 1 heterocycles. The van der Waals surface area contributed by atoms with Gasteiger partial charge in [0.1, 0.15) is 6.04 Å². The van der Waals surface area contributed by atoms with Crippen LogP contribution in [0.25, 0.3) is 0 Å². The Morgan fingerprint density at radius 1 is 1.67 bits per heavy atom. The second-order valence-electron chi connectivity index (χ2n) is 3.08. The molecule has 6 nitrogen and oxygen atoms in total. The summed E-state index contributed by atoms with van der Waals surface area (Å²) in [5.41, 5.74) is 0.765. The lowest BCUT2D eigenvalue weighted by molar-refractivity contribution is -0.142. The van der Waals surface area contributed by atoms with Crippen molar-refractivity contribution in [2.45, 2.75) is 12.5 Å². The molecule has 1 rings (SSSR count). The molecule has 0 aliphatic heterocycles. The molecule has 0 unspecified atom stereocenters. The molecule has 0 radical (unpaired) electrons. The van der Waals surface area contributed by atoms with Crippen LogP contribution in [0.4, 0.5) is 0 Å². The molecule has 4 N–H and O–H groups in total. The number of rotatable bonds is 4. The Bertz CT molecular complexity index is 277. The molecule has 1 aromatic rings. The molecule has 0 saturated carbocycles. The van der Waals surface area contributed by atoms with Gasteiger partial charge in [-0.05, 0) is 14.1 Å². The molecule has 15 heavy (non-hydrogen) atoms. The van der Waals surface area contributed by atoms with Crippen molar-refractivity contribution < 1.29 is 15.4 Å². The van der Waals surface area contributed by atoms with E-state index in [9.17, 15) is 4.79 Å². The number of carboxylic acids is 1. The summed E-state index contributed by atoms with van der Waals surface area (Å²) in [6, 6.07) is -0.511. The first-order valence-electron chi connectivity index (χ1n) is 3.98. The summed E-state index contributed by atoms with van der Waals surface area (Å²) >= 11 is 0. The lowest BCUT2D eigenvalue weighted by Gasteiger charge is -2.18. The van der Waals surface area contributed by atoms with Crippen LogP contribution in [0.5, 0.6) is 0 Å². The van der Waals surface area contributed by atoms with E-state index in [1.165, 1.54) is 0 Å². The number of aromatic nitrogens is 2. The highest BCUT2D eigenvalue weighted by Gasteiger charge is 2.20. The van der Waals surface area contributed by atoms with Gasteiger partial charge in [0.15, 0.2) is 0 Å². The van der Waals surface area contributed by atoms with Gasteiger partial charge in [-0.3, -0.25) is 9.69 Å². The van der Waals surface area contributed by atoms with Gasteiger partial charge in [-0.1, -0.05) is 0 Å². The summed E-state index contributed by atoms with van der Waals surface area (Å²) in [5, 5.41) is 8.86. The Kier molecular flexibility index (Phi) is 7.85. The molecular formula is C8H16ClN3O3. The van der Waals surface area contributed by atoms with Crippen molar-refractivity contribution in [1.82, 2.24) is 14.9 Å². The molecule has 0 fully saturated rings. The Hall–Kier alpha value is -1.11. The fraction of sp³-hybridized carbons (Fsp3) is 0.500. The van der Waals surface area contributed by atoms with Crippen LogP contribution in [-0.4, -0.2) is 51.6 Å². The summed E-state index contributed by atoms with van der Waals surface area (Å²) < 4.78 is 0. The zero-order valence-electron chi connectivity index (χ0n) is 8.60. The van der Waals surface area contributed by atoms with E-state index in [-0.39, 0.29) is 17.9 Å². The van der Waals surface area contributed by atoms with Crippen LogP contribution in [0, 0.1) is 0 Å². The van der Waals surface area contributed by atoms with Crippen LogP contribution in [0.2, 0.25) is 0 Å². The van der Waals surface area contributed by atoms with Crippen LogP contribution in [0.3, 0.4) is 0 Å². The van der Waals surface area contributed by atoms with Crippen molar-refractivity contribution in [3.8, 4) is 0 Å². The lowest BCUT2D eigenvalue weighted by Crippen LogP contribution is -2.37. The SMILES string of the molecule is CN(C)[C@@H](Cc1c[nH]cn1)C(=O)O.Cl.O. The zero-order valence-corrected chi connectivity index (χ0v) is 9.41. The molecule has 88 valence electrons. The van der Waals surface area contributed by atoms with E-state index in [0.29, 0.717) is 6.42 Å². The molecule has 0 aliphatic rings. The first-order valence-corrected chi connectivity index (χ1v) is 3.98. The number of carboxylic acid groups (broad SMARTS) is 1. The Balaban J connectivity index is 0. The first kappa shape index (κ1) is 16.3. The van der Waals surface area contributed by atoms with Crippen LogP contribution in [0.1, 0.15) is 5.69 Å². The second kappa shape index (κ2) is 7.22. The maximum Gasteiger partial charge on any atom is 0.321 e. The van der Waals surface area contributed by atoms with E-state index < -0.39 is 12.0 Å². The number of carbonyl (C=O) groups is 1. The smallest absolute Gasteiger partial charge is 0.321 e. The van der Waals surface area contributed by atoms with Crippen molar-refractivity contribution in [2.24, 2.45) is 0 Å². The molecule has 0 amide bonds. The maximum atomic E-state index is 10.8. The van der Waals surface area contributed by atoms with Gasteiger partial charge in [-0.15, -0.1) is 12.4 Å². The number of nitrogens with one attached hydrogen (secondary N) is 1. The van der Waals surface area contributed by atoms with Gasteiger partial charge >= 0.3 is 5.97 Å². The van der Waals surface area contributed by atoms with Crippen LogP contribution >= 0.6 is 12.4 Å². The highest BCUT2D eigenvalue weighted by atomic mass is 35.5. The number of H-pyrrole nitrogens is 1. The van der Waals surface area contributed by atoms with E-state index in [0.717, 1.165) is 5.69 Å². The normalized spacial score (nSPS) is 11.4. The molecule has 0 aliphatic carbocycles. The second-order valence-corrected chi connectivity index (χ2v) is 3.08. The minimum Gasteiger partial charge on any atom is -0.480 e. The quantitative estimate of drug-likeness (QED) is 0.742. The third-order valence-corrected chi connectivity index (χ3v) is 1.87. The highest BCUT2D eigenvalue weighted by Crippen LogP contribution is 2.03. The zero-order chi connectivity index (χ0) is 9.84. The van der Waals surface area contributed by atoms with Gasteiger partial charge in [0, 0.05) is 12.6 Å². The largest absolute Gasteiger partial charge is 0.480 e. The standard InChI is InChI=1S/C8H13N3O2.ClH.H2O/c1-11(2)7(8(12)13)3-6-4-9-5-10-6;;/h4-5,7H,3H2,1-2H3,(H,9,10)(H,12,13);1H;1H2/t7-;;/m0../s1. The average Bonchev–Trinajstić information content (AvgIpc) is 2.50. The lowest BCUT2D eigenvalue weighted by atomic mass is 10.1. The minimum absolute atomic E-state index is 0.